The Morgan fingerprint density at radius 2 is 2.31 bits per heavy atom. The van der Waals surface area contributed by atoms with Crippen LogP contribution in [0.25, 0.3) is 0 Å². The molecule has 0 saturated heterocycles. The average Bonchev–Trinajstić information content (AvgIpc) is 2.63. The fraction of sp³-hybridized carbons (Fsp3) is 0.769. The van der Waals surface area contributed by atoms with Crippen molar-refractivity contribution in [3.8, 4) is 0 Å². The van der Waals surface area contributed by atoms with Crippen LogP contribution >= 0.6 is 11.3 Å². The first-order valence-electron chi connectivity index (χ1n) is 6.41. The second kappa shape index (κ2) is 5.78. The molecule has 0 aromatic carbocycles. The summed E-state index contributed by atoms with van der Waals surface area (Å²) in [6, 6.07) is 0. The summed E-state index contributed by atoms with van der Waals surface area (Å²) >= 11 is 1.85. The second-order valence-corrected chi connectivity index (χ2v) is 6.22. The summed E-state index contributed by atoms with van der Waals surface area (Å²) in [5.74, 6) is 1.62. The van der Waals surface area contributed by atoms with E-state index in [4.69, 9.17) is 0 Å². The van der Waals surface area contributed by atoms with Crippen LogP contribution in [0.1, 0.15) is 55.3 Å². The molecule has 2 nitrogen and oxygen atoms in total. The molecule has 1 aliphatic carbocycles. The Morgan fingerprint density at radius 1 is 1.50 bits per heavy atom. The van der Waals surface area contributed by atoms with Gasteiger partial charge in [0.1, 0.15) is 5.01 Å². The van der Waals surface area contributed by atoms with Gasteiger partial charge in [0.25, 0.3) is 0 Å². The van der Waals surface area contributed by atoms with Crippen molar-refractivity contribution in [1.29, 1.82) is 0 Å². The molecule has 1 N–H and O–H groups in total. The lowest BCUT2D eigenvalue weighted by Gasteiger charge is -2.25. The first-order valence-corrected chi connectivity index (χ1v) is 7.22. The number of rotatable bonds is 6. The minimum atomic E-state index is 0.612. The standard InChI is InChI=1S/C13H22N2S/c1-10(2)12-8-15-13(16-12)9-14-7-6-11-4-3-5-11/h8,10-11,14H,3-7,9H2,1-2H3. The summed E-state index contributed by atoms with van der Waals surface area (Å²) in [5, 5.41) is 4.73. The van der Waals surface area contributed by atoms with Gasteiger partial charge in [-0.25, -0.2) is 4.98 Å². The van der Waals surface area contributed by atoms with Crippen LogP contribution in [0.3, 0.4) is 0 Å². The van der Waals surface area contributed by atoms with Crippen molar-refractivity contribution in [2.24, 2.45) is 5.92 Å². The lowest BCUT2D eigenvalue weighted by atomic mass is 9.83. The van der Waals surface area contributed by atoms with Crippen molar-refractivity contribution in [3.63, 3.8) is 0 Å². The predicted octanol–water partition coefficient (Wildman–Crippen LogP) is 3.55. The number of thiazole rings is 1. The smallest absolute Gasteiger partial charge is 0.107 e. The molecule has 0 unspecified atom stereocenters. The molecule has 1 aromatic rings. The predicted molar refractivity (Wildman–Crippen MR) is 69.9 cm³/mol. The van der Waals surface area contributed by atoms with Gasteiger partial charge in [-0.05, 0) is 24.8 Å². The normalized spacial score (nSPS) is 16.7. The molecule has 1 aromatic heterocycles. The molecule has 0 spiro atoms. The van der Waals surface area contributed by atoms with Gasteiger partial charge >= 0.3 is 0 Å². The first-order chi connectivity index (χ1) is 7.75. The van der Waals surface area contributed by atoms with Crippen molar-refractivity contribution in [2.45, 2.75) is 52.0 Å². The Balaban J connectivity index is 1.64. The monoisotopic (exact) mass is 238 g/mol. The zero-order valence-electron chi connectivity index (χ0n) is 10.3. The van der Waals surface area contributed by atoms with Crippen LogP contribution in [0.15, 0.2) is 6.20 Å². The van der Waals surface area contributed by atoms with Gasteiger partial charge in [0.05, 0.1) is 0 Å². The van der Waals surface area contributed by atoms with Gasteiger partial charge in [-0.15, -0.1) is 11.3 Å². The number of hydrogen-bond donors (Lipinski definition) is 1. The number of nitrogens with zero attached hydrogens (tertiary/aromatic N) is 1. The van der Waals surface area contributed by atoms with Crippen LogP contribution in [-0.2, 0) is 6.54 Å². The second-order valence-electron chi connectivity index (χ2n) is 5.07. The molecular formula is C13H22N2S. The Morgan fingerprint density at radius 3 is 2.88 bits per heavy atom. The molecule has 2 rings (SSSR count). The average molecular weight is 238 g/mol. The van der Waals surface area contributed by atoms with E-state index < -0.39 is 0 Å². The highest BCUT2D eigenvalue weighted by atomic mass is 32.1. The van der Waals surface area contributed by atoms with E-state index in [1.165, 1.54) is 35.6 Å². The molecule has 1 fully saturated rings. The maximum absolute atomic E-state index is 4.44. The van der Waals surface area contributed by atoms with E-state index >= 15 is 0 Å². The van der Waals surface area contributed by atoms with Crippen LogP contribution in [0.4, 0.5) is 0 Å². The third-order valence-electron chi connectivity index (χ3n) is 3.37. The van der Waals surface area contributed by atoms with E-state index in [2.05, 4.69) is 24.1 Å². The molecule has 0 bridgehead atoms. The van der Waals surface area contributed by atoms with Gasteiger partial charge in [0, 0.05) is 17.6 Å². The summed E-state index contributed by atoms with van der Waals surface area (Å²) in [6.45, 7) is 6.55. The molecule has 0 aliphatic heterocycles. The number of aromatic nitrogens is 1. The topological polar surface area (TPSA) is 24.9 Å². The maximum atomic E-state index is 4.44. The molecule has 16 heavy (non-hydrogen) atoms. The number of nitrogens with one attached hydrogen (secondary N) is 1. The van der Waals surface area contributed by atoms with E-state index in [9.17, 15) is 0 Å². The fourth-order valence-corrected chi connectivity index (χ4v) is 2.85. The van der Waals surface area contributed by atoms with Gasteiger partial charge in [-0.1, -0.05) is 33.1 Å². The van der Waals surface area contributed by atoms with Crippen molar-refractivity contribution in [3.05, 3.63) is 16.1 Å². The minimum Gasteiger partial charge on any atom is -0.310 e. The zero-order valence-corrected chi connectivity index (χ0v) is 11.1. The Kier molecular flexibility index (Phi) is 4.36. The lowest BCUT2D eigenvalue weighted by molar-refractivity contribution is 0.292. The fourth-order valence-electron chi connectivity index (χ4n) is 1.96. The van der Waals surface area contributed by atoms with Crippen LogP contribution in [0.5, 0.6) is 0 Å². The molecule has 90 valence electrons. The number of hydrogen-bond acceptors (Lipinski definition) is 3. The highest BCUT2D eigenvalue weighted by Gasteiger charge is 2.16. The van der Waals surface area contributed by atoms with E-state index in [1.807, 2.05) is 17.5 Å². The highest BCUT2D eigenvalue weighted by Crippen LogP contribution is 2.28. The van der Waals surface area contributed by atoms with Crippen molar-refractivity contribution in [1.82, 2.24) is 10.3 Å². The Labute approximate surface area is 102 Å². The molecule has 1 saturated carbocycles. The minimum absolute atomic E-state index is 0.612. The van der Waals surface area contributed by atoms with Crippen LogP contribution in [0, 0.1) is 5.92 Å². The van der Waals surface area contributed by atoms with Crippen LogP contribution in [-0.4, -0.2) is 11.5 Å². The summed E-state index contributed by atoms with van der Waals surface area (Å²) in [4.78, 5) is 5.84. The molecular weight excluding hydrogens is 216 g/mol. The summed E-state index contributed by atoms with van der Waals surface area (Å²) in [5.41, 5.74) is 0. The van der Waals surface area contributed by atoms with Crippen molar-refractivity contribution >= 4 is 11.3 Å². The van der Waals surface area contributed by atoms with Gasteiger partial charge in [0.2, 0.25) is 0 Å². The molecule has 0 atom stereocenters. The summed E-state index contributed by atoms with van der Waals surface area (Å²) in [7, 11) is 0. The van der Waals surface area contributed by atoms with Gasteiger partial charge < -0.3 is 5.32 Å². The highest BCUT2D eigenvalue weighted by molar-refractivity contribution is 7.11. The van der Waals surface area contributed by atoms with Crippen molar-refractivity contribution < 1.29 is 0 Å². The van der Waals surface area contributed by atoms with Gasteiger partial charge in [0.15, 0.2) is 0 Å². The summed E-state index contributed by atoms with van der Waals surface area (Å²) < 4.78 is 0. The van der Waals surface area contributed by atoms with E-state index in [0.717, 1.165) is 19.0 Å². The first kappa shape index (κ1) is 12.1. The van der Waals surface area contributed by atoms with Gasteiger partial charge in [-0.2, -0.15) is 0 Å². The SMILES string of the molecule is CC(C)c1cnc(CNCCC2CCC2)s1. The van der Waals surface area contributed by atoms with E-state index in [1.54, 1.807) is 0 Å². The molecule has 3 heteroatoms. The Bertz CT molecular complexity index is 315. The van der Waals surface area contributed by atoms with Gasteiger partial charge in [-0.3, -0.25) is 0 Å². The zero-order chi connectivity index (χ0) is 11.4. The Hall–Kier alpha value is -0.410. The maximum Gasteiger partial charge on any atom is 0.107 e. The molecule has 1 heterocycles. The van der Waals surface area contributed by atoms with E-state index in [-0.39, 0.29) is 0 Å². The van der Waals surface area contributed by atoms with Crippen LogP contribution in [0.2, 0.25) is 0 Å². The molecule has 1 aliphatic rings. The van der Waals surface area contributed by atoms with E-state index in [0.29, 0.717) is 5.92 Å². The molecule has 0 amide bonds. The quantitative estimate of drug-likeness (QED) is 0.767. The van der Waals surface area contributed by atoms with Crippen LogP contribution < -0.4 is 5.32 Å². The third-order valence-corrected chi connectivity index (χ3v) is 4.67. The third kappa shape index (κ3) is 3.29. The summed E-state index contributed by atoms with van der Waals surface area (Å²) in [6.07, 6.45) is 7.74. The largest absolute Gasteiger partial charge is 0.310 e. The lowest BCUT2D eigenvalue weighted by Crippen LogP contribution is -2.20. The van der Waals surface area contributed by atoms with Crippen molar-refractivity contribution in [2.75, 3.05) is 6.54 Å². The molecule has 0 radical (unpaired) electrons.